The summed E-state index contributed by atoms with van der Waals surface area (Å²) in [4.78, 5) is 42.9. The maximum Gasteiger partial charge on any atom is 0.442 e. The van der Waals surface area contributed by atoms with E-state index < -0.39 is 25.1 Å². The highest BCUT2D eigenvalue weighted by Gasteiger charge is 2.24. The van der Waals surface area contributed by atoms with Crippen molar-refractivity contribution in [3.8, 4) is 11.4 Å². The normalized spacial score (nSPS) is 13.1. The Morgan fingerprint density at radius 3 is 2.17 bits per heavy atom. The lowest BCUT2D eigenvalue weighted by Gasteiger charge is -2.13. The number of ether oxygens (including phenoxy) is 1. The summed E-state index contributed by atoms with van der Waals surface area (Å²) in [6.45, 7) is 17.4. The number of hydrogen-bond donors (Lipinski definition) is 5. The molecule has 15 nitrogen and oxygen atoms in total. The minimum Gasteiger partial charge on any atom is -0.489 e. The summed E-state index contributed by atoms with van der Waals surface area (Å²) < 4.78 is 22.6. The first kappa shape index (κ1) is 42.1. The quantitative estimate of drug-likeness (QED) is 0.149. The van der Waals surface area contributed by atoms with Crippen molar-refractivity contribution in [2.45, 2.75) is 85.4 Å². The first-order valence-corrected chi connectivity index (χ1v) is 17.9. The van der Waals surface area contributed by atoms with Crippen molar-refractivity contribution in [3.05, 3.63) is 43.9 Å². The molecule has 2 unspecified atom stereocenters. The van der Waals surface area contributed by atoms with Gasteiger partial charge in [0.25, 0.3) is 0 Å². The molecule has 0 bridgehead atoms. The van der Waals surface area contributed by atoms with Crippen LogP contribution in [0, 0.1) is 0 Å². The number of carboxylic acids is 1. The highest BCUT2D eigenvalue weighted by Crippen LogP contribution is 2.36. The highest BCUT2D eigenvalue weighted by molar-refractivity contribution is 7.57. The molecule has 2 aromatic heterocycles. The van der Waals surface area contributed by atoms with Gasteiger partial charge in [0, 0.05) is 36.9 Å². The first-order chi connectivity index (χ1) is 21.5. The predicted molar refractivity (Wildman–Crippen MR) is 185 cm³/mol. The molecule has 0 spiro atoms. The molecular weight excluding hydrogens is 698 g/mol. The third-order valence-electron chi connectivity index (χ3n) is 5.31. The molecule has 0 amide bonds. The van der Waals surface area contributed by atoms with Crippen LogP contribution >= 0.6 is 42.2 Å². The topological polar surface area (TPSA) is 221 Å². The van der Waals surface area contributed by atoms with Crippen molar-refractivity contribution in [1.29, 1.82) is 0 Å². The van der Waals surface area contributed by atoms with Crippen LogP contribution in [-0.4, -0.2) is 78.3 Å². The number of aliphatic carboxylic acids is 1. The number of carbonyl (C=O) groups is 1. The average molecular weight is 742 g/mol. The second-order valence-corrected chi connectivity index (χ2v) is 15.5. The Hall–Kier alpha value is -2.94. The standard InChI is InChI=1S/C15H18Cl2N2O3.C8H14ClN5.C5H12NO4P/c1-8(2)21-12-7-11(9(16)6-10(12)17)19-14(20)22-13(18-19)15(3,4)5;1-4-10-7-12-6(9)13-8(14-7)11-5(2)3;1-11(9,10)3-2-4(6)5(7)8/h6-8H,1-5H3;5H,4H2,1-3H3,(H2,10,11,12,13,14);4H,2-3,6H2,1H3,(H,7,8)(H,9,10). The number of nitrogens with two attached hydrogens (primary N) is 1. The van der Waals surface area contributed by atoms with Crippen LogP contribution < -0.4 is 26.9 Å². The number of nitrogens with one attached hydrogen (secondary N) is 2. The summed E-state index contributed by atoms with van der Waals surface area (Å²) in [7, 11) is -3.10. The molecule has 0 aliphatic heterocycles. The summed E-state index contributed by atoms with van der Waals surface area (Å²) in [6, 6.07) is 2.34. The van der Waals surface area contributed by atoms with Gasteiger partial charge in [-0.3, -0.25) is 9.36 Å². The van der Waals surface area contributed by atoms with Gasteiger partial charge >= 0.3 is 11.7 Å². The fourth-order valence-corrected chi connectivity index (χ4v) is 4.60. The van der Waals surface area contributed by atoms with Gasteiger partial charge in [-0.15, -0.1) is 5.10 Å². The van der Waals surface area contributed by atoms with Gasteiger partial charge in [-0.25, -0.2) is 4.79 Å². The molecule has 0 saturated heterocycles. The van der Waals surface area contributed by atoms with E-state index in [4.69, 9.17) is 59.7 Å². The Bertz CT molecular complexity index is 1570. The van der Waals surface area contributed by atoms with Crippen LogP contribution in [-0.2, 0) is 14.8 Å². The lowest BCUT2D eigenvalue weighted by molar-refractivity contribution is -0.138. The van der Waals surface area contributed by atoms with E-state index in [0.717, 1.165) is 11.2 Å². The van der Waals surface area contributed by atoms with E-state index in [0.29, 0.717) is 34.2 Å². The number of nitrogens with zero attached hydrogens (tertiary/aromatic N) is 5. The summed E-state index contributed by atoms with van der Waals surface area (Å²) in [6.07, 6.45) is -0.0641. The van der Waals surface area contributed by atoms with E-state index >= 15 is 0 Å². The number of halogens is 3. The second kappa shape index (κ2) is 18.6. The van der Waals surface area contributed by atoms with E-state index in [1.807, 2.05) is 55.4 Å². The van der Waals surface area contributed by atoms with Gasteiger partial charge in [-0.05, 0) is 58.7 Å². The maximum atomic E-state index is 12.1. The highest BCUT2D eigenvalue weighted by atomic mass is 35.5. The van der Waals surface area contributed by atoms with Gasteiger partial charge in [-0.2, -0.15) is 19.6 Å². The first-order valence-electron chi connectivity index (χ1n) is 14.5. The Labute approximate surface area is 289 Å². The largest absolute Gasteiger partial charge is 0.489 e. The zero-order chi connectivity index (χ0) is 36.3. The lowest BCUT2D eigenvalue weighted by atomic mass is 9.97. The van der Waals surface area contributed by atoms with Crippen LogP contribution in [0.25, 0.3) is 5.69 Å². The Morgan fingerprint density at radius 1 is 1.11 bits per heavy atom. The number of benzene rings is 1. The molecule has 0 aliphatic carbocycles. The van der Waals surface area contributed by atoms with E-state index in [9.17, 15) is 14.2 Å². The second-order valence-electron chi connectivity index (χ2n) is 11.8. The molecule has 0 radical (unpaired) electrons. The van der Waals surface area contributed by atoms with Gasteiger partial charge in [0.15, 0.2) is 7.37 Å². The van der Waals surface area contributed by atoms with Gasteiger partial charge in [0.2, 0.25) is 23.1 Å². The van der Waals surface area contributed by atoms with E-state index in [2.05, 4.69) is 30.7 Å². The minimum atomic E-state index is -3.10. The van der Waals surface area contributed by atoms with Crippen molar-refractivity contribution >= 4 is 60.0 Å². The van der Waals surface area contributed by atoms with E-state index in [1.54, 1.807) is 6.07 Å². The third kappa shape index (κ3) is 15.7. The molecule has 0 aliphatic rings. The van der Waals surface area contributed by atoms with Crippen LogP contribution in [0.4, 0.5) is 11.9 Å². The Morgan fingerprint density at radius 2 is 1.70 bits per heavy atom. The number of carboxylic acid groups (broad SMARTS) is 1. The van der Waals surface area contributed by atoms with Gasteiger partial charge in [-0.1, -0.05) is 44.0 Å². The number of anilines is 2. The molecule has 0 saturated carbocycles. The fraction of sp³-hybridized carbons (Fsp3) is 0.571. The summed E-state index contributed by atoms with van der Waals surface area (Å²) >= 11 is 18.0. The van der Waals surface area contributed by atoms with Gasteiger partial charge in [0.05, 0.1) is 21.8 Å². The van der Waals surface area contributed by atoms with Gasteiger partial charge < -0.3 is 35.5 Å². The van der Waals surface area contributed by atoms with Crippen LogP contribution in [0.2, 0.25) is 15.3 Å². The van der Waals surface area contributed by atoms with Crippen LogP contribution in [0.1, 0.15) is 67.7 Å². The van der Waals surface area contributed by atoms with Crippen molar-refractivity contribution in [2.24, 2.45) is 5.73 Å². The van der Waals surface area contributed by atoms with E-state index in [1.165, 1.54) is 12.7 Å². The molecule has 1 aromatic carbocycles. The monoisotopic (exact) mass is 740 g/mol. The van der Waals surface area contributed by atoms with Crippen molar-refractivity contribution < 1.29 is 28.5 Å². The van der Waals surface area contributed by atoms with Crippen molar-refractivity contribution in [2.75, 3.05) is 30.0 Å². The number of aromatic nitrogens is 5. The third-order valence-corrected chi connectivity index (χ3v) is 7.17. The average Bonchev–Trinajstić information content (AvgIpc) is 3.30. The molecule has 2 heterocycles. The fourth-order valence-electron chi connectivity index (χ4n) is 3.17. The van der Waals surface area contributed by atoms with Crippen LogP contribution in [0.15, 0.2) is 21.3 Å². The van der Waals surface area contributed by atoms with Crippen molar-refractivity contribution in [3.63, 3.8) is 0 Å². The molecular formula is C28H44Cl3N8O7P. The van der Waals surface area contributed by atoms with Crippen molar-refractivity contribution in [1.82, 2.24) is 24.7 Å². The number of hydrogen-bond acceptors (Lipinski definition) is 12. The molecule has 3 aromatic rings. The zero-order valence-electron chi connectivity index (χ0n) is 27.8. The summed E-state index contributed by atoms with van der Waals surface area (Å²) in [5.41, 5.74) is 5.07. The van der Waals surface area contributed by atoms with Crippen LogP contribution in [0.3, 0.4) is 0 Å². The molecule has 6 N–H and O–H groups in total. The van der Waals surface area contributed by atoms with Crippen LogP contribution in [0.5, 0.6) is 5.75 Å². The van der Waals surface area contributed by atoms with Gasteiger partial charge in [0.1, 0.15) is 11.8 Å². The molecule has 47 heavy (non-hydrogen) atoms. The minimum absolute atomic E-state index is 0.0412. The molecule has 19 heteroatoms. The zero-order valence-corrected chi connectivity index (χ0v) is 31.0. The molecule has 264 valence electrons. The van der Waals surface area contributed by atoms with E-state index in [-0.39, 0.29) is 40.4 Å². The Balaban J connectivity index is 0.000000381. The molecule has 3 rings (SSSR count). The maximum absolute atomic E-state index is 12.1. The lowest BCUT2D eigenvalue weighted by Crippen LogP contribution is -2.30. The summed E-state index contributed by atoms with van der Waals surface area (Å²) in [5, 5.41) is 19.4. The Kier molecular flexibility index (Phi) is 16.6. The SMILES string of the molecule is CC(C)Oc1cc(-n2nc(C(C)(C)C)oc2=O)c(Cl)cc1Cl.CCNc1nc(Cl)nc(NC(C)C)n1.CP(=O)(O)CCC(N)C(=O)O. The predicted octanol–water partition coefficient (Wildman–Crippen LogP) is 5.68. The molecule has 0 fully saturated rings. The molecule has 2 atom stereocenters. The smallest absolute Gasteiger partial charge is 0.442 e. The summed E-state index contributed by atoms with van der Waals surface area (Å²) in [5.74, 6) is 0.00724. The number of rotatable bonds is 11.